The molecule has 0 fully saturated rings. The zero-order chi connectivity index (χ0) is 18.5. The van der Waals surface area contributed by atoms with Gasteiger partial charge in [-0.2, -0.15) is 0 Å². The van der Waals surface area contributed by atoms with Crippen LogP contribution in [0.25, 0.3) is 10.8 Å². The molecule has 0 saturated heterocycles. The van der Waals surface area contributed by atoms with Gasteiger partial charge in [-0.05, 0) is 23.3 Å². The van der Waals surface area contributed by atoms with Crippen LogP contribution in [0.2, 0.25) is 0 Å². The summed E-state index contributed by atoms with van der Waals surface area (Å²) in [4.78, 5) is 36.1. The topological polar surface area (TPSA) is 75.3 Å². The number of fused-ring (bicyclic) bond motifs is 1. The van der Waals surface area contributed by atoms with Gasteiger partial charge in [0.2, 0.25) is 5.91 Å². The molecule has 0 atom stereocenters. The van der Waals surface area contributed by atoms with Gasteiger partial charge in [0.05, 0.1) is 6.42 Å². The Hall–Kier alpha value is -3.47. The second kappa shape index (κ2) is 7.61. The number of benzene rings is 3. The highest BCUT2D eigenvalue weighted by atomic mass is 16.2. The third-order valence-electron chi connectivity index (χ3n) is 4.07. The Kier molecular flexibility index (Phi) is 5.08. The summed E-state index contributed by atoms with van der Waals surface area (Å²) in [5.74, 6) is -1.97. The molecule has 5 nitrogen and oxygen atoms in total. The van der Waals surface area contributed by atoms with Crippen LogP contribution >= 0.6 is 0 Å². The molecule has 26 heavy (non-hydrogen) atoms. The van der Waals surface area contributed by atoms with Crippen LogP contribution in [-0.4, -0.2) is 17.6 Å². The van der Waals surface area contributed by atoms with Crippen molar-refractivity contribution in [2.45, 2.75) is 13.3 Å². The Bertz CT molecular complexity index is 973. The monoisotopic (exact) mass is 346 g/mol. The molecule has 3 rings (SSSR count). The third-order valence-corrected chi connectivity index (χ3v) is 4.07. The van der Waals surface area contributed by atoms with E-state index in [9.17, 15) is 14.4 Å². The van der Waals surface area contributed by atoms with Crippen molar-refractivity contribution in [3.63, 3.8) is 0 Å². The van der Waals surface area contributed by atoms with E-state index in [1.807, 2.05) is 49.4 Å². The molecule has 0 aromatic heterocycles. The Labute approximate surface area is 151 Å². The molecule has 3 aromatic rings. The standard InChI is InChI=1S/C21H18N2O3/c1-14-9-11-16(12-10-14)20(25)21(26)23-22-19(24)13-17-7-4-6-15-5-2-3-8-18(15)17/h2-12H,13H2,1H3,(H,22,24)(H,23,26). The fraction of sp³-hybridized carbons (Fsp3) is 0.0952. The summed E-state index contributed by atoms with van der Waals surface area (Å²) in [6.45, 7) is 1.89. The number of nitrogens with one attached hydrogen (secondary N) is 2. The Morgan fingerprint density at radius 3 is 2.27 bits per heavy atom. The lowest BCUT2D eigenvalue weighted by molar-refractivity contribution is -0.126. The first kappa shape index (κ1) is 17.4. The Morgan fingerprint density at radius 1 is 0.808 bits per heavy atom. The quantitative estimate of drug-likeness (QED) is 0.433. The molecule has 5 heteroatoms. The van der Waals surface area contributed by atoms with Crippen LogP contribution in [0.4, 0.5) is 0 Å². The third kappa shape index (κ3) is 3.95. The van der Waals surface area contributed by atoms with Gasteiger partial charge in [-0.1, -0.05) is 72.3 Å². The highest BCUT2D eigenvalue weighted by molar-refractivity contribution is 6.42. The molecular formula is C21H18N2O3. The van der Waals surface area contributed by atoms with Crippen LogP contribution in [0.15, 0.2) is 66.7 Å². The molecule has 0 bridgehead atoms. The van der Waals surface area contributed by atoms with Gasteiger partial charge >= 0.3 is 5.91 Å². The fourth-order valence-corrected chi connectivity index (χ4v) is 2.68. The van der Waals surface area contributed by atoms with E-state index >= 15 is 0 Å². The lowest BCUT2D eigenvalue weighted by atomic mass is 10.0. The zero-order valence-electron chi connectivity index (χ0n) is 14.3. The largest absolute Gasteiger partial charge is 0.310 e. The molecule has 0 radical (unpaired) electrons. The number of hydrogen-bond donors (Lipinski definition) is 2. The number of hydrogen-bond acceptors (Lipinski definition) is 3. The average molecular weight is 346 g/mol. The van der Waals surface area contributed by atoms with Gasteiger partial charge in [0, 0.05) is 5.56 Å². The Morgan fingerprint density at radius 2 is 1.50 bits per heavy atom. The summed E-state index contributed by atoms with van der Waals surface area (Å²) in [6.07, 6.45) is 0.0976. The van der Waals surface area contributed by atoms with E-state index in [1.54, 1.807) is 24.3 Å². The number of carbonyl (C=O) groups excluding carboxylic acids is 3. The van der Waals surface area contributed by atoms with E-state index < -0.39 is 17.6 Å². The van der Waals surface area contributed by atoms with Crippen molar-refractivity contribution < 1.29 is 14.4 Å². The number of rotatable bonds is 4. The molecule has 0 aliphatic carbocycles. The summed E-state index contributed by atoms with van der Waals surface area (Å²) in [6, 6.07) is 20.1. The molecule has 2 N–H and O–H groups in total. The van der Waals surface area contributed by atoms with Crippen molar-refractivity contribution in [3.8, 4) is 0 Å². The van der Waals surface area contributed by atoms with Crippen molar-refractivity contribution in [2.75, 3.05) is 0 Å². The summed E-state index contributed by atoms with van der Waals surface area (Å²) >= 11 is 0. The van der Waals surface area contributed by atoms with Gasteiger partial charge in [-0.25, -0.2) is 0 Å². The van der Waals surface area contributed by atoms with Crippen molar-refractivity contribution >= 4 is 28.4 Å². The Balaban J connectivity index is 1.60. The van der Waals surface area contributed by atoms with Crippen molar-refractivity contribution in [1.82, 2.24) is 10.9 Å². The van der Waals surface area contributed by atoms with Crippen LogP contribution in [-0.2, 0) is 16.0 Å². The molecule has 0 aliphatic rings. The predicted octanol–water partition coefficient (Wildman–Crippen LogP) is 2.72. The van der Waals surface area contributed by atoms with E-state index in [0.717, 1.165) is 21.9 Å². The SMILES string of the molecule is Cc1ccc(C(=O)C(=O)NNC(=O)Cc2cccc3ccccc23)cc1. The van der Waals surface area contributed by atoms with E-state index in [2.05, 4.69) is 10.9 Å². The van der Waals surface area contributed by atoms with Crippen LogP contribution in [0.5, 0.6) is 0 Å². The number of carbonyl (C=O) groups is 3. The van der Waals surface area contributed by atoms with Crippen LogP contribution in [0.3, 0.4) is 0 Å². The molecule has 0 heterocycles. The molecule has 0 unspecified atom stereocenters. The minimum atomic E-state index is -0.875. The molecule has 0 spiro atoms. The highest BCUT2D eigenvalue weighted by Crippen LogP contribution is 2.18. The van der Waals surface area contributed by atoms with E-state index in [-0.39, 0.29) is 12.0 Å². The first-order chi connectivity index (χ1) is 12.5. The van der Waals surface area contributed by atoms with E-state index in [1.165, 1.54) is 0 Å². The molecule has 3 aromatic carbocycles. The minimum Gasteiger partial charge on any atom is -0.283 e. The highest BCUT2D eigenvalue weighted by Gasteiger charge is 2.16. The maximum Gasteiger partial charge on any atom is 0.310 e. The summed E-state index contributed by atoms with van der Waals surface area (Å²) in [5, 5.41) is 2.02. The van der Waals surface area contributed by atoms with Crippen molar-refractivity contribution in [2.24, 2.45) is 0 Å². The lowest BCUT2D eigenvalue weighted by Gasteiger charge is -2.09. The number of amides is 2. The molecular weight excluding hydrogens is 328 g/mol. The van der Waals surface area contributed by atoms with Crippen LogP contribution in [0.1, 0.15) is 21.5 Å². The van der Waals surface area contributed by atoms with Gasteiger partial charge < -0.3 is 0 Å². The van der Waals surface area contributed by atoms with Crippen molar-refractivity contribution in [1.29, 1.82) is 0 Å². The first-order valence-corrected chi connectivity index (χ1v) is 8.21. The van der Waals surface area contributed by atoms with Gasteiger partial charge in [-0.3, -0.25) is 25.2 Å². The minimum absolute atomic E-state index is 0.0976. The summed E-state index contributed by atoms with van der Waals surface area (Å²) in [5.41, 5.74) is 6.59. The molecule has 0 saturated carbocycles. The number of aryl methyl sites for hydroxylation is 1. The molecule has 130 valence electrons. The van der Waals surface area contributed by atoms with Gasteiger partial charge in [0.1, 0.15) is 0 Å². The van der Waals surface area contributed by atoms with Crippen LogP contribution < -0.4 is 10.9 Å². The average Bonchev–Trinajstić information content (AvgIpc) is 2.66. The second-order valence-electron chi connectivity index (χ2n) is 6.01. The van der Waals surface area contributed by atoms with Gasteiger partial charge in [-0.15, -0.1) is 0 Å². The number of ketones is 1. The van der Waals surface area contributed by atoms with E-state index in [0.29, 0.717) is 0 Å². The number of Topliss-reactive ketones (excluding diaryl/α,β-unsaturated/α-hetero) is 1. The predicted molar refractivity (Wildman–Crippen MR) is 99.4 cm³/mol. The maximum absolute atomic E-state index is 12.1. The fourth-order valence-electron chi connectivity index (χ4n) is 2.68. The molecule has 0 aliphatic heterocycles. The first-order valence-electron chi connectivity index (χ1n) is 8.21. The van der Waals surface area contributed by atoms with E-state index in [4.69, 9.17) is 0 Å². The normalized spacial score (nSPS) is 10.3. The van der Waals surface area contributed by atoms with Crippen LogP contribution in [0, 0.1) is 6.92 Å². The number of hydrazine groups is 1. The maximum atomic E-state index is 12.1. The summed E-state index contributed by atoms with van der Waals surface area (Å²) in [7, 11) is 0. The lowest BCUT2D eigenvalue weighted by Crippen LogP contribution is -2.45. The summed E-state index contributed by atoms with van der Waals surface area (Å²) < 4.78 is 0. The van der Waals surface area contributed by atoms with Gasteiger partial charge in [0.15, 0.2) is 0 Å². The zero-order valence-corrected chi connectivity index (χ0v) is 14.3. The van der Waals surface area contributed by atoms with Crippen molar-refractivity contribution in [3.05, 3.63) is 83.4 Å². The second-order valence-corrected chi connectivity index (χ2v) is 6.01. The van der Waals surface area contributed by atoms with Gasteiger partial charge in [0.25, 0.3) is 5.78 Å². The smallest absolute Gasteiger partial charge is 0.283 e. The molecule has 2 amide bonds.